The second kappa shape index (κ2) is 10.4. The fourth-order valence-corrected chi connectivity index (χ4v) is 5.68. The number of thioether (sulfide) groups is 1. The molecule has 1 amide bonds. The Labute approximate surface area is 200 Å². The Morgan fingerprint density at radius 2 is 2.09 bits per heavy atom. The molecule has 170 valence electrons. The van der Waals surface area contributed by atoms with Crippen LogP contribution in [0.1, 0.15) is 16.3 Å². The van der Waals surface area contributed by atoms with Crippen molar-refractivity contribution in [2.24, 2.45) is 0 Å². The van der Waals surface area contributed by atoms with Gasteiger partial charge in [0.05, 0.1) is 38.3 Å². The van der Waals surface area contributed by atoms with Crippen molar-refractivity contribution < 1.29 is 14.3 Å². The normalized spacial score (nSPS) is 14.6. The molecule has 0 unspecified atom stereocenters. The number of anilines is 1. The standard InChI is InChI=1S/C22H25ClN4O3S2/c1-13-14(2)32-22-20(13)21(25-18(26-22)11-27-6-8-30-9-7-27)31-12-19(28)24-16-10-15(23)4-5-17(16)29-3/h4-5,10H,6-9,11-12H2,1-3H3,(H,24,28). The van der Waals surface area contributed by atoms with Crippen molar-refractivity contribution in [2.75, 3.05) is 44.5 Å². The predicted molar refractivity (Wildman–Crippen MR) is 130 cm³/mol. The highest BCUT2D eigenvalue weighted by molar-refractivity contribution is 8.00. The number of fused-ring (bicyclic) bond motifs is 1. The van der Waals surface area contributed by atoms with Gasteiger partial charge in [-0.05, 0) is 37.6 Å². The molecule has 0 bridgehead atoms. The summed E-state index contributed by atoms with van der Waals surface area (Å²) in [5.41, 5.74) is 1.72. The zero-order chi connectivity index (χ0) is 22.7. The van der Waals surface area contributed by atoms with Gasteiger partial charge in [-0.25, -0.2) is 9.97 Å². The summed E-state index contributed by atoms with van der Waals surface area (Å²) in [6, 6.07) is 5.13. The van der Waals surface area contributed by atoms with Gasteiger partial charge in [0.2, 0.25) is 5.91 Å². The van der Waals surface area contributed by atoms with E-state index < -0.39 is 0 Å². The summed E-state index contributed by atoms with van der Waals surface area (Å²) in [6.45, 7) is 8.06. The largest absolute Gasteiger partial charge is 0.495 e. The van der Waals surface area contributed by atoms with Crippen molar-refractivity contribution >= 4 is 56.5 Å². The lowest BCUT2D eigenvalue weighted by molar-refractivity contribution is -0.113. The molecule has 1 fully saturated rings. The zero-order valence-corrected chi connectivity index (χ0v) is 20.6. The van der Waals surface area contributed by atoms with Crippen LogP contribution in [0.25, 0.3) is 10.2 Å². The molecule has 2 aromatic heterocycles. The van der Waals surface area contributed by atoms with Crippen molar-refractivity contribution in [2.45, 2.75) is 25.4 Å². The second-order valence-corrected chi connectivity index (χ2v) is 10.1. The minimum Gasteiger partial charge on any atom is -0.495 e. The van der Waals surface area contributed by atoms with Gasteiger partial charge in [0.25, 0.3) is 0 Å². The quantitative estimate of drug-likeness (QED) is 0.383. The third-order valence-electron chi connectivity index (χ3n) is 5.29. The molecule has 0 atom stereocenters. The lowest BCUT2D eigenvalue weighted by Gasteiger charge is -2.25. The van der Waals surface area contributed by atoms with E-state index in [0.717, 1.165) is 47.4 Å². The fourth-order valence-electron chi connectivity index (χ4n) is 3.49. The number of nitrogens with zero attached hydrogens (tertiary/aromatic N) is 3. The first-order valence-electron chi connectivity index (χ1n) is 10.3. The van der Waals surface area contributed by atoms with Gasteiger partial charge in [0.15, 0.2) is 0 Å². The van der Waals surface area contributed by atoms with Crippen molar-refractivity contribution in [1.29, 1.82) is 0 Å². The highest BCUT2D eigenvalue weighted by atomic mass is 35.5. The predicted octanol–water partition coefficient (Wildman–Crippen LogP) is 4.53. The molecule has 32 heavy (non-hydrogen) atoms. The van der Waals surface area contributed by atoms with Gasteiger partial charge in [0.1, 0.15) is 21.4 Å². The first kappa shape index (κ1) is 23.3. The Morgan fingerprint density at radius 1 is 1.31 bits per heavy atom. The maximum absolute atomic E-state index is 12.7. The summed E-state index contributed by atoms with van der Waals surface area (Å²) in [4.78, 5) is 26.8. The molecule has 3 aromatic rings. The minimum atomic E-state index is -0.151. The number of hydrogen-bond acceptors (Lipinski definition) is 8. The van der Waals surface area contributed by atoms with Crippen molar-refractivity contribution in [3.8, 4) is 5.75 Å². The molecule has 3 heterocycles. The number of rotatable bonds is 7. The number of halogens is 1. The number of morpholine rings is 1. The van der Waals surface area contributed by atoms with E-state index in [9.17, 15) is 4.79 Å². The number of amides is 1. The van der Waals surface area contributed by atoms with Crippen LogP contribution in [0, 0.1) is 13.8 Å². The lowest BCUT2D eigenvalue weighted by atomic mass is 10.2. The number of methoxy groups -OCH3 is 1. The zero-order valence-electron chi connectivity index (χ0n) is 18.2. The van der Waals surface area contributed by atoms with Gasteiger partial charge in [-0.2, -0.15) is 0 Å². The number of hydrogen-bond donors (Lipinski definition) is 1. The monoisotopic (exact) mass is 492 g/mol. The molecule has 1 N–H and O–H groups in total. The van der Waals surface area contributed by atoms with Gasteiger partial charge in [-0.15, -0.1) is 11.3 Å². The van der Waals surface area contributed by atoms with Crippen LogP contribution in [0.4, 0.5) is 5.69 Å². The van der Waals surface area contributed by atoms with Crippen LogP contribution in [0.5, 0.6) is 5.75 Å². The van der Waals surface area contributed by atoms with Crippen molar-refractivity contribution in [1.82, 2.24) is 14.9 Å². The van der Waals surface area contributed by atoms with E-state index >= 15 is 0 Å². The minimum absolute atomic E-state index is 0.151. The van der Waals surface area contributed by atoms with E-state index in [1.54, 1.807) is 36.6 Å². The van der Waals surface area contributed by atoms with Crippen LogP contribution in [-0.4, -0.2) is 59.9 Å². The Kier molecular flexibility index (Phi) is 7.52. The molecular weight excluding hydrogens is 468 g/mol. The Balaban J connectivity index is 1.53. The molecule has 0 saturated carbocycles. The molecule has 4 rings (SSSR count). The molecule has 0 aliphatic carbocycles. The second-order valence-electron chi connectivity index (χ2n) is 7.48. The first-order valence-corrected chi connectivity index (χ1v) is 12.5. The average Bonchev–Trinajstić information content (AvgIpc) is 3.06. The summed E-state index contributed by atoms with van der Waals surface area (Å²) < 4.78 is 10.8. The van der Waals surface area contributed by atoms with Crippen molar-refractivity contribution in [3.63, 3.8) is 0 Å². The number of carbonyl (C=O) groups excluding carboxylic acids is 1. The number of benzene rings is 1. The topological polar surface area (TPSA) is 76.6 Å². The van der Waals surface area contributed by atoms with Crippen LogP contribution in [0.3, 0.4) is 0 Å². The molecule has 1 aromatic carbocycles. The average molecular weight is 493 g/mol. The number of thiophene rings is 1. The van der Waals surface area contributed by atoms with Crippen LogP contribution >= 0.6 is 34.7 Å². The molecule has 10 heteroatoms. The van der Waals surface area contributed by atoms with Gasteiger partial charge < -0.3 is 14.8 Å². The molecule has 7 nitrogen and oxygen atoms in total. The number of nitrogens with one attached hydrogen (secondary N) is 1. The van der Waals surface area contributed by atoms with Crippen LogP contribution in [0.2, 0.25) is 5.02 Å². The Bertz CT molecular complexity index is 1130. The van der Waals surface area contributed by atoms with E-state index in [4.69, 9.17) is 31.0 Å². The number of aryl methyl sites for hydroxylation is 2. The summed E-state index contributed by atoms with van der Waals surface area (Å²) in [7, 11) is 1.56. The highest BCUT2D eigenvalue weighted by Crippen LogP contribution is 2.35. The number of ether oxygens (including phenoxy) is 2. The summed E-state index contributed by atoms with van der Waals surface area (Å²) >= 11 is 9.17. The third-order valence-corrected chi connectivity index (χ3v) is 7.60. The summed E-state index contributed by atoms with van der Waals surface area (Å²) in [6.07, 6.45) is 0. The maximum Gasteiger partial charge on any atom is 0.234 e. The third kappa shape index (κ3) is 5.35. The summed E-state index contributed by atoms with van der Waals surface area (Å²) in [5, 5.41) is 5.30. The molecule has 1 aliphatic heterocycles. The first-order chi connectivity index (χ1) is 15.4. The molecule has 1 saturated heterocycles. The van der Waals surface area contributed by atoms with Crippen LogP contribution in [0.15, 0.2) is 23.2 Å². The Hall–Kier alpha value is -1.91. The smallest absolute Gasteiger partial charge is 0.234 e. The van der Waals surface area contributed by atoms with Gasteiger partial charge in [-0.3, -0.25) is 9.69 Å². The van der Waals surface area contributed by atoms with E-state index in [1.165, 1.54) is 22.2 Å². The van der Waals surface area contributed by atoms with E-state index in [-0.39, 0.29) is 11.7 Å². The molecule has 1 aliphatic rings. The molecule has 0 radical (unpaired) electrons. The molecular formula is C22H25ClN4O3S2. The van der Waals surface area contributed by atoms with Gasteiger partial charge in [-0.1, -0.05) is 23.4 Å². The SMILES string of the molecule is COc1ccc(Cl)cc1NC(=O)CSc1nc(CN2CCOCC2)nc2sc(C)c(C)c12. The van der Waals surface area contributed by atoms with Gasteiger partial charge in [0, 0.05) is 28.4 Å². The van der Waals surface area contributed by atoms with E-state index in [2.05, 4.69) is 24.1 Å². The fraction of sp³-hybridized carbons (Fsp3) is 0.409. The van der Waals surface area contributed by atoms with E-state index in [1.807, 2.05) is 0 Å². The van der Waals surface area contributed by atoms with Crippen LogP contribution < -0.4 is 10.1 Å². The number of carbonyl (C=O) groups is 1. The van der Waals surface area contributed by atoms with Gasteiger partial charge >= 0.3 is 0 Å². The van der Waals surface area contributed by atoms with Crippen molar-refractivity contribution in [3.05, 3.63) is 39.5 Å². The Morgan fingerprint density at radius 3 is 2.84 bits per heavy atom. The van der Waals surface area contributed by atoms with E-state index in [0.29, 0.717) is 23.0 Å². The maximum atomic E-state index is 12.7. The van der Waals surface area contributed by atoms with Crippen LogP contribution in [-0.2, 0) is 16.1 Å². The lowest BCUT2D eigenvalue weighted by Crippen LogP contribution is -2.36. The highest BCUT2D eigenvalue weighted by Gasteiger charge is 2.19. The number of aromatic nitrogens is 2. The summed E-state index contributed by atoms with van der Waals surface area (Å²) in [5.74, 6) is 1.41. The molecule has 0 spiro atoms.